The summed E-state index contributed by atoms with van der Waals surface area (Å²) in [6.07, 6.45) is 0. The fraction of sp³-hybridized carbons (Fsp3) is 0.417. The largest absolute Gasteiger partial charge is 0.396 e. The van der Waals surface area contributed by atoms with Crippen LogP contribution in [0.3, 0.4) is 0 Å². The van der Waals surface area contributed by atoms with Crippen molar-refractivity contribution in [1.82, 2.24) is 0 Å². The van der Waals surface area contributed by atoms with Crippen LogP contribution in [-0.4, -0.2) is 30.0 Å². The Hall–Kier alpha value is -1.36. The number of amides is 1. The quantitative estimate of drug-likeness (QED) is 0.777. The first-order valence-corrected chi connectivity index (χ1v) is 6.79. The van der Waals surface area contributed by atoms with Gasteiger partial charge in [-0.25, -0.2) is 0 Å². The van der Waals surface area contributed by atoms with Crippen LogP contribution in [0.2, 0.25) is 0 Å². The smallest absolute Gasteiger partial charge is 0.250 e. The maximum Gasteiger partial charge on any atom is 0.250 e. The minimum Gasteiger partial charge on any atom is -0.396 e. The molecule has 0 aliphatic carbocycles. The van der Waals surface area contributed by atoms with Crippen LogP contribution in [0.1, 0.15) is 17.3 Å². The molecule has 1 aromatic carbocycles. The molecule has 1 unspecified atom stereocenters. The first kappa shape index (κ1) is 12.1. The Morgan fingerprint density at radius 2 is 2.29 bits per heavy atom. The number of hydrogen-bond donors (Lipinski definition) is 2. The molecular weight excluding hydrogens is 234 g/mol. The van der Waals surface area contributed by atoms with Crippen molar-refractivity contribution in [3.05, 3.63) is 23.8 Å². The lowest BCUT2D eigenvalue weighted by Gasteiger charge is -2.36. The Balaban J connectivity index is 2.38. The second kappa shape index (κ2) is 4.87. The molecule has 1 amide bonds. The van der Waals surface area contributed by atoms with Gasteiger partial charge in [0.05, 0.1) is 16.9 Å². The van der Waals surface area contributed by atoms with Gasteiger partial charge in [0.25, 0.3) is 5.91 Å². The number of rotatable bonds is 2. The van der Waals surface area contributed by atoms with Crippen LogP contribution in [0.15, 0.2) is 18.2 Å². The number of benzene rings is 1. The number of para-hydroxylation sites is 1. The summed E-state index contributed by atoms with van der Waals surface area (Å²) in [6, 6.07) is 5.89. The van der Waals surface area contributed by atoms with E-state index in [4.69, 9.17) is 11.5 Å². The minimum atomic E-state index is -0.469. The maximum absolute atomic E-state index is 11.3. The van der Waals surface area contributed by atoms with Crippen molar-refractivity contribution < 1.29 is 4.79 Å². The van der Waals surface area contributed by atoms with Gasteiger partial charge >= 0.3 is 0 Å². The second-order valence-corrected chi connectivity index (χ2v) is 5.37. The SMILES string of the molecule is CC1CSCCN1c1cccc(C(N)=O)c1N. The highest BCUT2D eigenvalue weighted by molar-refractivity contribution is 7.99. The molecule has 4 N–H and O–H groups in total. The molecule has 0 aromatic heterocycles. The number of anilines is 2. The zero-order chi connectivity index (χ0) is 12.4. The van der Waals surface area contributed by atoms with Gasteiger partial charge in [-0.3, -0.25) is 4.79 Å². The molecule has 4 nitrogen and oxygen atoms in total. The normalized spacial score (nSPS) is 20.3. The van der Waals surface area contributed by atoms with Crippen LogP contribution >= 0.6 is 11.8 Å². The van der Waals surface area contributed by atoms with E-state index in [1.165, 1.54) is 0 Å². The number of carbonyl (C=O) groups is 1. The molecule has 1 atom stereocenters. The third kappa shape index (κ3) is 2.34. The van der Waals surface area contributed by atoms with Crippen LogP contribution < -0.4 is 16.4 Å². The molecule has 1 aliphatic heterocycles. The summed E-state index contributed by atoms with van der Waals surface area (Å²) >= 11 is 1.94. The van der Waals surface area contributed by atoms with E-state index in [2.05, 4.69) is 11.8 Å². The van der Waals surface area contributed by atoms with Gasteiger partial charge in [0.1, 0.15) is 0 Å². The summed E-state index contributed by atoms with van der Waals surface area (Å²) < 4.78 is 0. The highest BCUT2D eigenvalue weighted by atomic mass is 32.2. The Bertz CT molecular complexity index is 436. The number of hydrogen-bond acceptors (Lipinski definition) is 4. The van der Waals surface area contributed by atoms with Crippen molar-refractivity contribution >= 4 is 29.0 Å². The molecule has 1 heterocycles. The van der Waals surface area contributed by atoms with Crippen molar-refractivity contribution in [1.29, 1.82) is 0 Å². The Morgan fingerprint density at radius 3 is 2.94 bits per heavy atom. The summed E-state index contributed by atoms with van der Waals surface area (Å²) in [5.41, 5.74) is 13.2. The molecule has 1 aliphatic rings. The first-order chi connectivity index (χ1) is 8.11. The average Bonchev–Trinajstić information content (AvgIpc) is 2.30. The number of nitrogens with zero attached hydrogens (tertiary/aromatic N) is 1. The fourth-order valence-corrected chi connectivity index (χ4v) is 3.12. The summed E-state index contributed by atoms with van der Waals surface area (Å²) in [5.74, 6) is 1.70. The summed E-state index contributed by atoms with van der Waals surface area (Å²) in [5, 5.41) is 0. The molecule has 5 heteroatoms. The highest BCUT2D eigenvalue weighted by Gasteiger charge is 2.22. The lowest BCUT2D eigenvalue weighted by Crippen LogP contribution is -2.41. The number of carbonyl (C=O) groups excluding carboxylic acids is 1. The first-order valence-electron chi connectivity index (χ1n) is 5.64. The molecule has 2 rings (SSSR count). The lowest BCUT2D eigenvalue weighted by atomic mass is 10.1. The van der Waals surface area contributed by atoms with E-state index in [9.17, 15) is 4.79 Å². The summed E-state index contributed by atoms with van der Waals surface area (Å²) in [4.78, 5) is 13.5. The molecule has 0 radical (unpaired) electrons. The fourth-order valence-electron chi connectivity index (χ4n) is 2.10. The van der Waals surface area contributed by atoms with E-state index in [0.717, 1.165) is 23.7 Å². The average molecular weight is 251 g/mol. The number of thioether (sulfide) groups is 1. The standard InChI is InChI=1S/C12H17N3OS/c1-8-7-17-6-5-15(8)10-4-2-3-9(11(10)13)12(14)16/h2-4,8H,5-7,13H2,1H3,(H2,14,16). The van der Waals surface area contributed by atoms with Gasteiger partial charge < -0.3 is 16.4 Å². The van der Waals surface area contributed by atoms with Crippen molar-refractivity contribution in [2.24, 2.45) is 5.73 Å². The maximum atomic E-state index is 11.3. The second-order valence-electron chi connectivity index (χ2n) is 4.22. The van der Waals surface area contributed by atoms with Crippen LogP contribution in [0.25, 0.3) is 0 Å². The molecule has 1 aromatic rings. The highest BCUT2D eigenvalue weighted by Crippen LogP contribution is 2.30. The van der Waals surface area contributed by atoms with E-state index < -0.39 is 5.91 Å². The zero-order valence-corrected chi connectivity index (χ0v) is 10.7. The van der Waals surface area contributed by atoms with Crippen LogP contribution in [0, 0.1) is 0 Å². The predicted molar refractivity (Wildman–Crippen MR) is 73.5 cm³/mol. The zero-order valence-electron chi connectivity index (χ0n) is 9.85. The van der Waals surface area contributed by atoms with Gasteiger partial charge in [0.2, 0.25) is 0 Å². The molecule has 0 saturated carbocycles. The Morgan fingerprint density at radius 1 is 1.53 bits per heavy atom. The van der Waals surface area contributed by atoms with Crippen molar-refractivity contribution in [3.8, 4) is 0 Å². The molecule has 92 valence electrons. The Labute approximate surface area is 105 Å². The van der Waals surface area contributed by atoms with Crippen LogP contribution in [0.5, 0.6) is 0 Å². The van der Waals surface area contributed by atoms with Gasteiger partial charge in [0.15, 0.2) is 0 Å². The van der Waals surface area contributed by atoms with Crippen molar-refractivity contribution in [3.63, 3.8) is 0 Å². The van der Waals surface area contributed by atoms with Gasteiger partial charge in [-0.1, -0.05) is 6.07 Å². The number of nitrogen functional groups attached to an aromatic ring is 1. The summed E-state index contributed by atoms with van der Waals surface area (Å²) in [6.45, 7) is 3.13. The monoisotopic (exact) mass is 251 g/mol. The molecule has 0 spiro atoms. The third-order valence-corrected chi connectivity index (χ3v) is 4.21. The van der Waals surface area contributed by atoms with Crippen LogP contribution in [-0.2, 0) is 0 Å². The van der Waals surface area contributed by atoms with Gasteiger partial charge in [-0.2, -0.15) is 11.8 Å². The predicted octanol–water partition coefficient (Wildman–Crippen LogP) is 1.31. The molecule has 0 bridgehead atoms. The van der Waals surface area contributed by atoms with E-state index in [1.807, 2.05) is 23.9 Å². The summed E-state index contributed by atoms with van der Waals surface area (Å²) in [7, 11) is 0. The number of nitrogens with two attached hydrogens (primary N) is 2. The molecular formula is C12H17N3OS. The molecule has 17 heavy (non-hydrogen) atoms. The van der Waals surface area contributed by atoms with Crippen LogP contribution in [0.4, 0.5) is 11.4 Å². The topological polar surface area (TPSA) is 72.3 Å². The number of primary amides is 1. The van der Waals surface area contributed by atoms with Gasteiger partial charge in [-0.15, -0.1) is 0 Å². The lowest BCUT2D eigenvalue weighted by molar-refractivity contribution is 0.100. The van der Waals surface area contributed by atoms with E-state index in [-0.39, 0.29) is 0 Å². The molecule has 1 saturated heterocycles. The third-order valence-electron chi connectivity index (χ3n) is 3.03. The van der Waals surface area contributed by atoms with E-state index >= 15 is 0 Å². The van der Waals surface area contributed by atoms with Crippen molar-refractivity contribution in [2.45, 2.75) is 13.0 Å². The van der Waals surface area contributed by atoms with E-state index in [1.54, 1.807) is 6.07 Å². The minimum absolute atomic E-state index is 0.410. The van der Waals surface area contributed by atoms with E-state index in [0.29, 0.717) is 17.3 Å². The Kier molecular flexibility index (Phi) is 3.47. The van der Waals surface area contributed by atoms with Gasteiger partial charge in [0, 0.05) is 24.1 Å². The van der Waals surface area contributed by atoms with Crippen molar-refractivity contribution in [2.75, 3.05) is 28.7 Å². The molecule has 1 fully saturated rings. The van der Waals surface area contributed by atoms with Gasteiger partial charge in [-0.05, 0) is 19.1 Å².